The molecule has 0 unspecified atom stereocenters. The Balaban J connectivity index is 1.56. The fourth-order valence-electron chi connectivity index (χ4n) is 2.70. The number of carbonyl (C=O) groups is 1. The van der Waals surface area contributed by atoms with Gasteiger partial charge in [0.05, 0.1) is 0 Å². The Labute approximate surface area is 153 Å². The number of para-hydroxylation sites is 1. The van der Waals surface area contributed by atoms with Crippen LogP contribution in [0.4, 0.5) is 8.78 Å². The number of cyclic esters (lactones) is 1. The molecule has 2 aliphatic rings. The highest BCUT2D eigenvalue weighted by Gasteiger charge is 2.25. The average Bonchev–Trinajstić information content (AvgIpc) is 3.02. The molecule has 0 fully saturated rings. The van der Waals surface area contributed by atoms with Gasteiger partial charge in [-0.05, 0) is 48.1 Å². The van der Waals surface area contributed by atoms with Crippen LogP contribution in [0.3, 0.4) is 0 Å². The van der Waals surface area contributed by atoms with E-state index in [1.165, 1.54) is 24.3 Å². The van der Waals surface area contributed by atoms with Gasteiger partial charge in [0.15, 0.2) is 5.70 Å². The van der Waals surface area contributed by atoms with Crippen molar-refractivity contribution in [3.05, 3.63) is 77.0 Å². The molecule has 0 atom stereocenters. The van der Waals surface area contributed by atoms with E-state index in [4.69, 9.17) is 9.47 Å². The highest BCUT2D eigenvalue weighted by Crippen LogP contribution is 2.28. The molecule has 5 nitrogen and oxygen atoms in total. The van der Waals surface area contributed by atoms with Crippen LogP contribution >= 0.6 is 0 Å². The van der Waals surface area contributed by atoms with Crippen molar-refractivity contribution >= 4 is 17.9 Å². The minimum absolute atomic E-state index is 0.0117. The molecule has 27 heavy (non-hydrogen) atoms. The van der Waals surface area contributed by atoms with Crippen molar-refractivity contribution in [1.82, 2.24) is 0 Å². The standard InChI is InChI=1S/C20H13F2NO4/c21-20(22)26-15-7-5-13(6-8-15)18-23-16(19(24)27-18)10-12-9-14-3-1-2-4-17(14)25-11-12/h1-10,20H,11H2/b16-10+. The van der Waals surface area contributed by atoms with E-state index in [9.17, 15) is 13.6 Å². The van der Waals surface area contributed by atoms with Gasteiger partial charge in [0.25, 0.3) is 0 Å². The molecule has 0 amide bonds. The molecular formula is C20H13F2NO4. The number of hydrogen-bond acceptors (Lipinski definition) is 5. The summed E-state index contributed by atoms with van der Waals surface area (Å²) in [6, 6.07) is 13.3. The lowest BCUT2D eigenvalue weighted by molar-refractivity contribution is -0.130. The maximum absolute atomic E-state index is 12.2. The number of alkyl halides is 2. The summed E-state index contributed by atoms with van der Waals surface area (Å²) < 4.78 is 39.5. The molecule has 0 aromatic heterocycles. The molecule has 7 heteroatoms. The molecule has 0 spiro atoms. The molecule has 0 radical (unpaired) electrons. The third-order valence-corrected chi connectivity index (χ3v) is 3.92. The first-order valence-corrected chi connectivity index (χ1v) is 8.09. The van der Waals surface area contributed by atoms with Crippen molar-refractivity contribution in [2.75, 3.05) is 6.61 Å². The Morgan fingerprint density at radius 3 is 2.67 bits per heavy atom. The second kappa shape index (κ2) is 7.03. The second-order valence-corrected chi connectivity index (χ2v) is 5.78. The molecule has 2 aromatic carbocycles. The highest BCUT2D eigenvalue weighted by molar-refractivity contribution is 6.11. The third-order valence-electron chi connectivity index (χ3n) is 3.92. The van der Waals surface area contributed by atoms with Gasteiger partial charge in [-0.1, -0.05) is 18.2 Å². The van der Waals surface area contributed by atoms with Gasteiger partial charge in [0.2, 0.25) is 5.90 Å². The molecule has 0 N–H and O–H groups in total. The number of aliphatic imine (C=N–C) groups is 1. The average molecular weight is 369 g/mol. The van der Waals surface area contributed by atoms with Crippen molar-refractivity contribution in [1.29, 1.82) is 0 Å². The van der Waals surface area contributed by atoms with E-state index < -0.39 is 12.6 Å². The van der Waals surface area contributed by atoms with E-state index in [0.717, 1.165) is 16.9 Å². The normalized spacial score (nSPS) is 17.1. The van der Waals surface area contributed by atoms with Crippen molar-refractivity contribution < 1.29 is 27.8 Å². The molecule has 2 heterocycles. The molecule has 2 aromatic rings. The van der Waals surface area contributed by atoms with Gasteiger partial charge in [-0.15, -0.1) is 0 Å². The van der Waals surface area contributed by atoms with Crippen LogP contribution in [0.2, 0.25) is 0 Å². The number of carbonyl (C=O) groups excluding carboxylic acids is 1. The lowest BCUT2D eigenvalue weighted by Gasteiger charge is -2.15. The summed E-state index contributed by atoms with van der Waals surface area (Å²) in [5, 5.41) is 0. The summed E-state index contributed by atoms with van der Waals surface area (Å²) in [4.78, 5) is 16.3. The molecule has 0 aliphatic carbocycles. The zero-order chi connectivity index (χ0) is 18.8. The minimum atomic E-state index is -2.90. The van der Waals surface area contributed by atoms with Crippen molar-refractivity contribution in [3.63, 3.8) is 0 Å². The van der Waals surface area contributed by atoms with E-state index in [2.05, 4.69) is 9.73 Å². The summed E-state index contributed by atoms with van der Waals surface area (Å²) in [5.41, 5.74) is 2.33. The van der Waals surface area contributed by atoms with Gasteiger partial charge in [-0.3, -0.25) is 0 Å². The fourth-order valence-corrected chi connectivity index (χ4v) is 2.70. The molecule has 0 bridgehead atoms. The highest BCUT2D eigenvalue weighted by atomic mass is 19.3. The Morgan fingerprint density at radius 1 is 1.11 bits per heavy atom. The Morgan fingerprint density at radius 2 is 1.89 bits per heavy atom. The topological polar surface area (TPSA) is 57.1 Å². The van der Waals surface area contributed by atoms with E-state index in [0.29, 0.717) is 12.2 Å². The van der Waals surface area contributed by atoms with E-state index in [1.54, 1.807) is 6.08 Å². The SMILES string of the molecule is O=C1OC(c2ccc(OC(F)F)cc2)=N/C1=C/C1=Cc2ccccc2OC1. The van der Waals surface area contributed by atoms with Crippen LogP contribution in [0.5, 0.6) is 11.5 Å². The van der Waals surface area contributed by atoms with Gasteiger partial charge in [-0.2, -0.15) is 8.78 Å². The Hall–Kier alpha value is -3.48. The number of halogens is 2. The molecule has 136 valence electrons. The molecular weight excluding hydrogens is 356 g/mol. The van der Waals surface area contributed by atoms with Crippen LogP contribution in [0.15, 0.2) is 70.9 Å². The van der Waals surface area contributed by atoms with Crippen molar-refractivity contribution in [2.45, 2.75) is 6.61 Å². The van der Waals surface area contributed by atoms with Crippen LogP contribution in [-0.4, -0.2) is 25.1 Å². The van der Waals surface area contributed by atoms with Crippen LogP contribution in [0.25, 0.3) is 6.08 Å². The monoisotopic (exact) mass is 369 g/mol. The second-order valence-electron chi connectivity index (χ2n) is 5.78. The summed E-state index contributed by atoms with van der Waals surface area (Å²) >= 11 is 0. The largest absolute Gasteiger partial charge is 0.488 e. The zero-order valence-corrected chi connectivity index (χ0v) is 13.9. The first-order chi connectivity index (χ1) is 13.1. The molecule has 0 saturated heterocycles. The lowest BCUT2D eigenvalue weighted by atomic mass is 10.1. The maximum atomic E-state index is 12.2. The first kappa shape index (κ1) is 17.0. The van der Waals surface area contributed by atoms with Gasteiger partial charge in [0, 0.05) is 11.1 Å². The number of rotatable bonds is 4. The number of esters is 1. The Bertz CT molecular complexity index is 978. The van der Waals surface area contributed by atoms with E-state index in [1.807, 2.05) is 30.3 Å². The summed E-state index contributed by atoms with van der Waals surface area (Å²) in [6.07, 6.45) is 3.53. The molecule has 2 aliphatic heterocycles. The van der Waals surface area contributed by atoms with Crippen LogP contribution in [0.1, 0.15) is 11.1 Å². The number of ether oxygens (including phenoxy) is 3. The summed E-state index contributed by atoms with van der Waals surface area (Å²) in [7, 11) is 0. The van der Waals surface area contributed by atoms with E-state index in [-0.39, 0.29) is 17.3 Å². The van der Waals surface area contributed by atoms with Crippen LogP contribution in [-0.2, 0) is 9.53 Å². The van der Waals surface area contributed by atoms with Crippen LogP contribution in [0, 0.1) is 0 Å². The lowest BCUT2D eigenvalue weighted by Crippen LogP contribution is -2.08. The zero-order valence-electron chi connectivity index (χ0n) is 13.9. The van der Waals surface area contributed by atoms with Crippen molar-refractivity contribution in [3.8, 4) is 11.5 Å². The quantitative estimate of drug-likeness (QED) is 0.605. The number of benzene rings is 2. The van der Waals surface area contributed by atoms with Gasteiger partial charge in [0.1, 0.15) is 18.1 Å². The predicted octanol–water partition coefficient (Wildman–Crippen LogP) is 3.95. The predicted molar refractivity (Wildman–Crippen MR) is 93.7 cm³/mol. The fraction of sp³-hybridized carbons (Fsp3) is 0.100. The number of hydrogen-bond donors (Lipinski definition) is 0. The Kier molecular flexibility index (Phi) is 4.42. The first-order valence-electron chi connectivity index (χ1n) is 8.09. The third kappa shape index (κ3) is 3.72. The van der Waals surface area contributed by atoms with Gasteiger partial charge < -0.3 is 14.2 Å². The van der Waals surface area contributed by atoms with E-state index >= 15 is 0 Å². The summed E-state index contributed by atoms with van der Waals surface area (Å²) in [6.45, 7) is -2.58. The molecule has 0 saturated carbocycles. The van der Waals surface area contributed by atoms with Gasteiger partial charge >= 0.3 is 12.6 Å². The number of nitrogens with zero attached hydrogens (tertiary/aromatic N) is 1. The number of fused-ring (bicyclic) bond motifs is 1. The maximum Gasteiger partial charge on any atom is 0.387 e. The summed E-state index contributed by atoms with van der Waals surface area (Å²) in [5.74, 6) is 0.312. The van der Waals surface area contributed by atoms with Crippen LogP contribution < -0.4 is 9.47 Å². The minimum Gasteiger partial charge on any atom is -0.488 e. The van der Waals surface area contributed by atoms with Gasteiger partial charge in [-0.25, -0.2) is 9.79 Å². The van der Waals surface area contributed by atoms with Crippen molar-refractivity contribution in [2.24, 2.45) is 4.99 Å². The molecule has 4 rings (SSSR count). The smallest absolute Gasteiger partial charge is 0.387 e.